The highest BCUT2D eigenvalue weighted by atomic mass is 14.9. The first-order valence-corrected chi connectivity index (χ1v) is 3.37. The number of hydrogen-bond acceptors (Lipinski definition) is 2. The maximum Gasteiger partial charge on any atom is 0.0957 e. The molecule has 0 aromatic rings. The third-order valence-electron chi connectivity index (χ3n) is 1.18. The van der Waals surface area contributed by atoms with Crippen LogP contribution in [0.4, 0.5) is 0 Å². The summed E-state index contributed by atoms with van der Waals surface area (Å²) in [6.45, 7) is 4.37. The Morgan fingerprint density at radius 1 is 1.60 bits per heavy atom. The van der Waals surface area contributed by atoms with Gasteiger partial charge in [-0.2, -0.15) is 5.26 Å². The molecule has 0 aliphatic heterocycles. The second kappa shape index (κ2) is 6.13. The van der Waals surface area contributed by atoms with E-state index in [1.807, 2.05) is 6.92 Å². The van der Waals surface area contributed by atoms with Gasteiger partial charge in [0.15, 0.2) is 0 Å². The van der Waals surface area contributed by atoms with Crippen LogP contribution in [0.5, 0.6) is 0 Å². The van der Waals surface area contributed by atoms with Gasteiger partial charge in [-0.1, -0.05) is 12.8 Å². The van der Waals surface area contributed by atoms with Crippen molar-refractivity contribution < 1.29 is 0 Å². The summed E-state index contributed by atoms with van der Waals surface area (Å²) >= 11 is 0. The lowest BCUT2D eigenvalue weighted by Crippen LogP contribution is -2.26. The molecule has 0 aromatic carbocycles. The minimum Gasteiger partial charge on any atom is -0.291 e. The number of rotatable bonds is 3. The molecule has 2 nitrogen and oxygen atoms in total. The van der Waals surface area contributed by atoms with Crippen molar-refractivity contribution in [3.63, 3.8) is 0 Å². The average Bonchev–Trinajstić information content (AvgIpc) is 1.99. The van der Waals surface area contributed by atoms with E-state index in [1.165, 1.54) is 0 Å². The number of hydrogen-bond donors (Lipinski definition) is 1. The van der Waals surface area contributed by atoms with Gasteiger partial charge in [-0.25, -0.2) is 0 Å². The van der Waals surface area contributed by atoms with Crippen molar-refractivity contribution in [3.05, 3.63) is 0 Å². The molecule has 54 valence electrons. The van der Waals surface area contributed by atoms with Gasteiger partial charge >= 0.3 is 0 Å². The lowest BCUT2D eigenvalue weighted by Gasteiger charge is -2.03. The van der Waals surface area contributed by atoms with Gasteiger partial charge in [0.05, 0.1) is 18.7 Å². The van der Waals surface area contributed by atoms with Crippen molar-refractivity contribution in [2.45, 2.75) is 26.3 Å². The van der Waals surface area contributed by atoms with E-state index in [2.05, 4.69) is 23.2 Å². The Labute approximate surface area is 62.2 Å². The van der Waals surface area contributed by atoms with Crippen LogP contribution in [-0.2, 0) is 0 Å². The van der Waals surface area contributed by atoms with Gasteiger partial charge in [0.1, 0.15) is 0 Å². The fourth-order valence-corrected chi connectivity index (χ4v) is 0.544. The van der Waals surface area contributed by atoms with Crippen molar-refractivity contribution in [1.82, 2.24) is 5.32 Å². The third kappa shape index (κ3) is 3.95. The molecule has 10 heavy (non-hydrogen) atoms. The predicted octanol–water partition coefficient (Wildman–Crippen LogP) is 0.901. The third-order valence-corrected chi connectivity index (χ3v) is 1.18. The maximum absolute atomic E-state index is 8.46. The molecule has 0 bridgehead atoms. The Balaban J connectivity index is 3.44. The van der Waals surface area contributed by atoms with Crippen LogP contribution in [0.15, 0.2) is 0 Å². The molecule has 1 unspecified atom stereocenters. The van der Waals surface area contributed by atoms with Gasteiger partial charge in [-0.3, -0.25) is 5.32 Å². The number of nitrogens with one attached hydrogen (secondary N) is 1. The summed E-state index contributed by atoms with van der Waals surface area (Å²) in [6.07, 6.45) is 0.835. The van der Waals surface area contributed by atoms with E-state index >= 15 is 0 Å². The second-order valence-corrected chi connectivity index (χ2v) is 1.90. The minimum absolute atomic E-state index is 0.0409. The number of nitrogens with zero attached hydrogens (tertiary/aromatic N) is 1. The fourth-order valence-electron chi connectivity index (χ4n) is 0.544. The summed E-state index contributed by atoms with van der Waals surface area (Å²) in [4.78, 5) is 0. The lowest BCUT2D eigenvalue weighted by atomic mass is 10.2. The highest BCUT2D eigenvalue weighted by Crippen LogP contribution is 1.85. The lowest BCUT2D eigenvalue weighted by molar-refractivity contribution is 0.632. The molecule has 0 aromatic heterocycles. The first-order chi connectivity index (χ1) is 4.85. The molecule has 0 fully saturated rings. The molecule has 0 amide bonds. The van der Waals surface area contributed by atoms with Crippen LogP contribution in [0.2, 0.25) is 0 Å². The molecule has 1 N–H and O–H groups in total. The van der Waals surface area contributed by atoms with Crippen LogP contribution in [0, 0.1) is 23.2 Å². The van der Waals surface area contributed by atoms with Gasteiger partial charge in [-0.15, -0.1) is 5.92 Å². The molecule has 2 heteroatoms. The van der Waals surface area contributed by atoms with Crippen LogP contribution < -0.4 is 5.32 Å². The van der Waals surface area contributed by atoms with E-state index in [0.717, 1.165) is 6.42 Å². The van der Waals surface area contributed by atoms with Crippen molar-refractivity contribution in [2.24, 2.45) is 0 Å². The van der Waals surface area contributed by atoms with Gasteiger partial charge in [0.2, 0.25) is 0 Å². The monoisotopic (exact) mass is 136 g/mol. The Morgan fingerprint density at radius 3 is 2.70 bits per heavy atom. The van der Waals surface area contributed by atoms with E-state index in [1.54, 1.807) is 6.92 Å². The van der Waals surface area contributed by atoms with E-state index in [4.69, 9.17) is 5.26 Å². The summed E-state index contributed by atoms with van der Waals surface area (Å²) in [5, 5.41) is 11.4. The normalized spacial score (nSPS) is 10.9. The molecule has 0 radical (unpaired) electrons. The number of nitriles is 1. The molecule has 0 aliphatic carbocycles. The Bertz CT molecular complexity index is 168. The maximum atomic E-state index is 8.46. The summed E-state index contributed by atoms with van der Waals surface area (Å²) in [6, 6.07) is 2.09. The molecule has 0 aliphatic rings. The first kappa shape index (κ1) is 9.01. The summed E-state index contributed by atoms with van der Waals surface area (Å²) in [5.41, 5.74) is 0. The highest BCUT2D eigenvalue weighted by molar-refractivity contribution is 5.00. The smallest absolute Gasteiger partial charge is 0.0957 e. The van der Waals surface area contributed by atoms with E-state index in [9.17, 15) is 0 Å². The second-order valence-electron chi connectivity index (χ2n) is 1.90. The van der Waals surface area contributed by atoms with Crippen LogP contribution in [-0.4, -0.2) is 12.6 Å². The standard InChI is InChI=1S/C8H12N2/c1-3-5-6-10-8(4-2)7-9/h8,10H,4,6H2,1-2H3. The Morgan fingerprint density at radius 2 is 2.30 bits per heavy atom. The largest absolute Gasteiger partial charge is 0.291 e. The molecular weight excluding hydrogens is 124 g/mol. The van der Waals surface area contributed by atoms with Crippen LogP contribution in [0.25, 0.3) is 0 Å². The van der Waals surface area contributed by atoms with Crippen molar-refractivity contribution in [1.29, 1.82) is 5.26 Å². The zero-order valence-corrected chi connectivity index (χ0v) is 6.44. The summed E-state index contributed by atoms with van der Waals surface area (Å²) < 4.78 is 0. The van der Waals surface area contributed by atoms with Crippen molar-refractivity contribution in [2.75, 3.05) is 6.54 Å². The molecule has 0 rings (SSSR count). The molecular formula is C8H12N2. The molecule has 0 saturated heterocycles. The topological polar surface area (TPSA) is 35.8 Å². The van der Waals surface area contributed by atoms with Crippen LogP contribution >= 0.6 is 0 Å². The van der Waals surface area contributed by atoms with Crippen molar-refractivity contribution in [3.8, 4) is 17.9 Å². The summed E-state index contributed by atoms with van der Waals surface area (Å²) in [7, 11) is 0. The molecule has 1 atom stereocenters. The fraction of sp³-hybridized carbons (Fsp3) is 0.625. The van der Waals surface area contributed by atoms with Gasteiger partial charge in [-0.05, 0) is 13.3 Å². The van der Waals surface area contributed by atoms with E-state index in [-0.39, 0.29) is 6.04 Å². The quantitative estimate of drug-likeness (QED) is 0.585. The van der Waals surface area contributed by atoms with Gasteiger partial charge in [0, 0.05) is 0 Å². The molecule has 0 spiro atoms. The van der Waals surface area contributed by atoms with Crippen LogP contribution in [0.1, 0.15) is 20.3 Å². The average molecular weight is 136 g/mol. The zero-order valence-electron chi connectivity index (χ0n) is 6.44. The zero-order chi connectivity index (χ0) is 7.82. The SMILES string of the molecule is CC#CCNC(C#N)CC. The minimum atomic E-state index is -0.0409. The Kier molecular flexibility index (Phi) is 5.53. The Hall–Kier alpha value is -0.990. The highest BCUT2D eigenvalue weighted by Gasteiger charge is 1.98. The van der Waals surface area contributed by atoms with E-state index < -0.39 is 0 Å². The van der Waals surface area contributed by atoms with E-state index in [0.29, 0.717) is 6.54 Å². The summed E-state index contributed by atoms with van der Waals surface area (Å²) in [5.74, 6) is 5.58. The van der Waals surface area contributed by atoms with Crippen LogP contribution in [0.3, 0.4) is 0 Å². The predicted molar refractivity (Wildman–Crippen MR) is 41.1 cm³/mol. The molecule has 0 saturated carbocycles. The first-order valence-electron chi connectivity index (χ1n) is 3.37. The molecule has 0 heterocycles. The van der Waals surface area contributed by atoms with Gasteiger partial charge in [0.25, 0.3) is 0 Å². The van der Waals surface area contributed by atoms with Gasteiger partial charge < -0.3 is 0 Å². The van der Waals surface area contributed by atoms with Crippen molar-refractivity contribution >= 4 is 0 Å².